The summed E-state index contributed by atoms with van der Waals surface area (Å²) in [6.45, 7) is 8.52. The van der Waals surface area contributed by atoms with Crippen LogP contribution in [-0.4, -0.2) is 43.6 Å². The highest BCUT2D eigenvalue weighted by atomic mass is 16.5. The number of benzene rings is 2. The summed E-state index contributed by atoms with van der Waals surface area (Å²) in [5, 5.41) is 0. The van der Waals surface area contributed by atoms with Gasteiger partial charge in [-0.05, 0) is 37.6 Å². The molecule has 2 aromatic rings. The van der Waals surface area contributed by atoms with E-state index in [-0.39, 0.29) is 18.1 Å². The summed E-state index contributed by atoms with van der Waals surface area (Å²) in [6.07, 6.45) is 0. The predicted molar refractivity (Wildman–Crippen MR) is 111 cm³/mol. The Morgan fingerprint density at radius 2 is 1.79 bits per heavy atom. The molecule has 2 rings (SSSR count). The first-order valence-electron chi connectivity index (χ1n) is 9.38. The molecule has 0 unspecified atom stereocenters. The molecule has 0 aliphatic carbocycles. The highest BCUT2D eigenvalue weighted by molar-refractivity contribution is 5.92. The fourth-order valence-corrected chi connectivity index (χ4v) is 2.65. The SMILES string of the molecule is C=C(C)CN(CC)C(=O)COC(=O)c1ccc(OCc2ccccc2)c(OC)c1. The molecule has 0 spiro atoms. The van der Waals surface area contributed by atoms with E-state index in [0.29, 0.717) is 31.2 Å². The van der Waals surface area contributed by atoms with Gasteiger partial charge in [-0.25, -0.2) is 4.79 Å². The van der Waals surface area contributed by atoms with Crippen LogP contribution in [0.2, 0.25) is 0 Å². The summed E-state index contributed by atoms with van der Waals surface area (Å²) < 4.78 is 16.3. The zero-order chi connectivity index (χ0) is 21.2. The van der Waals surface area contributed by atoms with E-state index in [2.05, 4.69) is 6.58 Å². The molecule has 0 atom stereocenters. The molecule has 0 N–H and O–H groups in total. The Kier molecular flexibility index (Phi) is 8.27. The van der Waals surface area contributed by atoms with Crippen molar-refractivity contribution in [2.24, 2.45) is 0 Å². The van der Waals surface area contributed by atoms with Gasteiger partial charge in [-0.2, -0.15) is 0 Å². The van der Waals surface area contributed by atoms with Crippen molar-refractivity contribution in [3.63, 3.8) is 0 Å². The number of hydrogen-bond donors (Lipinski definition) is 0. The van der Waals surface area contributed by atoms with Crippen LogP contribution in [-0.2, 0) is 16.1 Å². The maximum absolute atomic E-state index is 12.3. The smallest absolute Gasteiger partial charge is 0.338 e. The van der Waals surface area contributed by atoms with Crippen LogP contribution in [0.15, 0.2) is 60.7 Å². The van der Waals surface area contributed by atoms with Crippen molar-refractivity contribution in [3.8, 4) is 11.5 Å². The average Bonchev–Trinajstić information content (AvgIpc) is 2.74. The third kappa shape index (κ3) is 6.68. The van der Waals surface area contributed by atoms with Crippen molar-refractivity contribution in [1.82, 2.24) is 4.90 Å². The molecular weight excluding hydrogens is 370 g/mol. The molecule has 0 heterocycles. The van der Waals surface area contributed by atoms with Crippen LogP contribution in [0, 0.1) is 0 Å². The van der Waals surface area contributed by atoms with E-state index in [0.717, 1.165) is 11.1 Å². The highest BCUT2D eigenvalue weighted by Crippen LogP contribution is 2.29. The molecule has 0 aromatic heterocycles. The third-order valence-corrected chi connectivity index (χ3v) is 4.16. The highest BCUT2D eigenvalue weighted by Gasteiger charge is 2.17. The summed E-state index contributed by atoms with van der Waals surface area (Å²) in [5.74, 6) is 0.0676. The van der Waals surface area contributed by atoms with Crippen molar-refractivity contribution in [2.75, 3.05) is 26.8 Å². The van der Waals surface area contributed by atoms with Crippen LogP contribution in [0.3, 0.4) is 0 Å². The number of nitrogens with zero attached hydrogens (tertiary/aromatic N) is 1. The zero-order valence-corrected chi connectivity index (χ0v) is 17.1. The molecule has 0 aliphatic rings. The topological polar surface area (TPSA) is 65.1 Å². The summed E-state index contributed by atoms with van der Waals surface area (Å²) in [7, 11) is 1.50. The van der Waals surface area contributed by atoms with Crippen molar-refractivity contribution < 1.29 is 23.8 Å². The number of carbonyl (C=O) groups excluding carboxylic acids is 2. The van der Waals surface area contributed by atoms with Gasteiger partial charge < -0.3 is 19.1 Å². The molecule has 2 aromatic carbocycles. The van der Waals surface area contributed by atoms with Crippen LogP contribution in [0.5, 0.6) is 11.5 Å². The van der Waals surface area contributed by atoms with Crippen LogP contribution in [0.1, 0.15) is 29.8 Å². The second-order valence-electron chi connectivity index (χ2n) is 6.58. The lowest BCUT2D eigenvalue weighted by molar-refractivity contribution is -0.133. The largest absolute Gasteiger partial charge is 0.493 e. The lowest BCUT2D eigenvalue weighted by atomic mass is 10.2. The summed E-state index contributed by atoms with van der Waals surface area (Å²) in [6, 6.07) is 14.5. The molecule has 6 heteroatoms. The van der Waals surface area contributed by atoms with Crippen LogP contribution < -0.4 is 9.47 Å². The fourth-order valence-electron chi connectivity index (χ4n) is 2.65. The first-order valence-corrected chi connectivity index (χ1v) is 9.38. The quantitative estimate of drug-likeness (QED) is 0.450. The fraction of sp³-hybridized carbons (Fsp3) is 0.304. The van der Waals surface area contributed by atoms with Gasteiger partial charge in [0.15, 0.2) is 18.1 Å². The van der Waals surface area contributed by atoms with E-state index in [9.17, 15) is 9.59 Å². The average molecular weight is 397 g/mol. The Morgan fingerprint density at radius 1 is 1.07 bits per heavy atom. The second-order valence-corrected chi connectivity index (χ2v) is 6.58. The Bertz CT molecular complexity index is 848. The molecule has 0 fully saturated rings. The minimum absolute atomic E-state index is 0.265. The molecule has 6 nitrogen and oxygen atoms in total. The number of methoxy groups -OCH3 is 1. The maximum Gasteiger partial charge on any atom is 0.338 e. The van der Waals surface area contributed by atoms with Gasteiger partial charge in [0.05, 0.1) is 12.7 Å². The lowest BCUT2D eigenvalue weighted by Gasteiger charge is -2.20. The van der Waals surface area contributed by atoms with Crippen molar-refractivity contribution in [2.45, 2.75) is 20.5 Å². The summed E-state index contributed by atoms with van der Waals surface area (Å²) >= 11 is 0. The van der Waals surface area contributed by atoms with Crippen LogP contribution in [0.25, 0.3) is 0 Å². The Balaban J connectivity index is 1.98. The maximum atomic E-state index is 12.3. The van der Waals surface area contributed by atoms with Gasteiger partial charge in [-0.1, -0.05) is 42.5 Å². The lowest BCUT2D eigenvalue weighted by Crippen LogP contribution is -2.35. The van der Waals surface area contributed by atoms with Crippen molar-refractivity contribution in [3.05, 3.63) is 71.8 Å². The van der Waals surface area contributed by atoms with Crippen molar-refractivity contribution >= 4 is 11.9 Å². The molecule has 0 bridgehead atoms. The molecule has 29 heavy (non-hydrogen) atoms. The van der Waals surface area contributed by atoms with E-state index < -0.39 is 5.97 Å². The van der Waals surface area contributed by atoms with Crippen LogP contribution >= 0.6 is 0 Å². The number of ether oxygens (including phenoxy) is 3. The predicted octanol–water partition coefficient (Wildman–Crippen LogP) is 3.86. The molecular formula is C23H27NO5. The standard InChI is InChI=1S/C23H27NO5/c1-5-24(14-17(2)3)22(25)16-29-23(26)19-11-12-20(21(13-19)27-4)28-15-18-9-7-6-8-10-18/h6-13H,2,5,14-16H2,1,3-4H3. The van der Waals surface area contributed by atoms with Crippen LogP contribution in [0.4, 0.5) is 0 Å². The first kappa shape index (κ1) is 22.0. The van der Waals surface area contributed by atoms with E-state index in [1.165, 1.54) is 7.11 Å². The molecule has 0 aliphatic heterocycles. The minimum Gasteiger partial charge on any atom is -0.493 e. The molecule has 0 radical (unpaired) electrons. The second kappa shape index (κ2) is 10.9. The number of esters is 1. The Labute approximate surface area is 171 Å². The number of amides is 1. The third-order valence-electron chi connectivity index (χ3n) is 4.16. The zero-order valence-electron chi connectivity index (χ0n) is 17.1. The van der Waals surface area contributed by atoms with Crippen molar-refractivity contribution in [1.29, 1.82) is 0 Å². The number of carbonyl (C=O) groups is 2. The van der Waals surface area contributed by atoms with E-state index >= 15 is 0 Å². The van der Waals surface area contributed by atoms with Gasteiger partial charge >= 0.3 is 5.97 Å². The van der Waals surface area contributed by atoms with Gasteiger partial charge in [-0.3, -0.25) is 4.79 Å². The van der Waals surface area contributed by atoms with Gasteiger partial charge in [0.1, 0.15) is 6.61 Å². The van der Waals surface area contributed by atoms with E-state index in [4.69, 9.17) is 14.2 Å². The van der Waals surface area contributed by atoms with E-state index in [1.54, 1.807) is 23.1 Å². The molecule has 0 saturated heterocycles. The number of rotatable bonds is 10. The number of hydrogen-bond acceptors (Lipinski definition) is 5. The minimum atomic E-state index is -0.599. The monoisotopic (exact) mass is 397 g/mol. The van der Waals surface area contributed by atoms with E-state index in [1.807, 2.05) is 44.2 Å². The molecule has 1 amide bonds. The number of likely N-dealkylation sites (N-methyl/N-ethyl adjacent to an activating group) is 1. The van der Waals surface area contributed by atoms with Gasteiger partial charge in [0, 0.05) is 13.1 Å². The first-order chi connectivity index (χ1) is 13.9. The molecule has 154 valence electrons. The Morgan fingerprint density at radius 3 is 2.41 bits per heavy atom. The summed E-state index contributed by atoms with van der Waals surface area (Å²) in [5.41, 5.74) is 2.17. The van der Waals surface area contributed by atoms with Gasteiger partial charge in [-0.15, -0.1) is 0 Å². The van der Waals surface area contributed by atoms with Gasteiger partial charge in [0.2, 0.25) is 0 Å². The Hall–Kier alpha value is -3.28. The molecule has 0 saturated carbocycles. The normalized spacial score (nSPS) is 10.2. The summed E-state index contributed by atoms with van der Waals surface area (Å²) in [4.78, 5) is 26.1. The van der Waals surface area contributed by atoms with Gasteiger partial charge in [0.25, 0.3) is 5.91 Å².